The number of rotatable bonds is 5. The molecule has 1 N–H and O–H groups in total. The lowest BCUT2D eigenvalue weighted by Crippen LogP contribution is -2.30. The third-order valence-corrected chi connectivity index (χ3v) is 7.04. The molecular weight excluding hydrogens is 428 g/mol. The molecule has 0 radical (unpaired) electrons. The van der Waals surface area contributed by atoms with Crippen molar-refractivity contribution in [2.75, 3.05) is 25.5 Å². The molecule has 0 atom stereocenters. The summed E-state index contributed by atoms with van der Waals surface area (Å²) in [5.74, 6) is 0.804. The van der Waals surface area contributed by atoms with Crippen molar-refractivity contribution in [3.63, 3.8) is 0 Å². The van der Waals surface area contributed by atoms with Crippen molar-refractivity contribution in [2.45, 2.75) is 52.0 Å². The lowest BCUT2D eigenvalue weighted by molar-refractivity contribution is 0.101. The first-order valence-corrected chi connectivity index (χ1v) is 12.0. The Hall–Kier alpha value is -3.39. The molecule has 0 spiro atoms. The van der Waals surface area contributed by atoms with Crippen LogP contribution in [0.15, 0.2) is 35.4 Å². The summed E-state index contributed by atoms with van der Waals surface area (Å²) in [6.45, 7) is 5.24. The Balaban J connectivity index is 1.50. The van der Waals surface area contributed by atoms with E-state index in [-0.39, 0.29) is 22.9 Å². The first kappa shape index (κ1) is 22.4. The zero-order valence-corrected chi connectivity index (χ0v) is 20.0. The molecule has 0 amide bonds. The fourth-order valence-corrected chi connectivity index (χ4v) is 5.11. The summed E-state index contributed by atoms with van der Waals surface area (Å²) in [4.78, 5) is 41.7. The van der Waals surface area contributed by atoms with Gasteiger partial charge < -0.3 is 10.2 Å². The lowest BCUT2D eigenvalue weighted by Gasteiger charge is -2.22. The second-order valence-corrected chi connectivity index (χ2v) is 9.40. The van der Waals surface area contributed by atoms with E-state index in [0.717, 1.165) is 56.1 Å². The number of likely N-dealkylation sites (N-methyl/N-ethyl adjacent to an activating group) is 1. The Labute approximate surface area is 198 Å². The topological polar surface area (TPSA) is 93.0 Å². The molecule has 1 aliphatic heterocycles. The summed E-state index contributed by atoms with van der Waals surface area (Å²) < 4.78 is 1.72. The number of ketones is 1. The Bertz CT molecular complexity index is 1340. The average Bonchev–Trinajstić information content (AvgIpc) is 3.34. The number of carbonyl (C=O) groups excluding carboxylic acids is 1. The summed E-state index contributed by atoms with van der Waals surface area (Å²) in [5.41, 5.74) is 3.65. The molecule has 0 saturated heterocycles. The van der Waals surface area contributed by atoms with Crippen molar-refractivity contribution in [2.24, 2.45) is 0 Å². The fourth-order valence-electron chi connectivity index (χ4n) is 5.11. The Morgan fingerprint density at radius 2 is 1.94 bits per heavy atom. The number of aryl methyl sites for hydroxylation is 1. The third kappa shape index (κ3) is 4.14. The van der Waals surface area contributed by atoms with E-state index in [1.165, 1.54) is 12.5 Å². The van der Waals surface area contributed by atoms with E-state index >= 15 is 0 Å². The van der Waals surface area contributed by atoms with Crippen molar-refractivity contribution in [1.82, 2.24) is 24.4 Å². The maximum atomic E-state index is 13.4. The minimum absolute atomic E-state index is 0.0525. The molecule has 1 fully saturated rings. The lowest BCUT2D eigenvalue weighted by atomic mass is 10.0. The molecule has 176 valence electrons. The van der Waals surface area contributed by atoms with Gasteiger partial charge in [-0.2, -0.15) is 4.98 Å². The summed E-state index contributed by atoms with van der Waals surface area (Å²) in [6.07, 6.45) is 10.8. The van der Waals surface area contributed by atoms with Gasteiger partial charge in [0, 0.05) is 36.9 Å². The van der Waals surface area contributed by atoms with E-state index < -0.39 is 0 Å². The SMILES string of the molecule is CC(=O)c1c(C)c2cnc(Nc3ccc(C4=CCN(C)CC4)cn3)nc2n(C2CCCC2)c1=O. The van der Waals surface area contributed by atoms with Crippen molar-refractivity contribution in [3.8, 4) is 0 Å². The highest BCUT2D eigenvalue weighted by Crippen LogP contribution is 2.32. The minimum atomic E-state index is -0.247. The molecule has 3 aromatic rings. The molecule has 0 aromatic carbocycles. The summed E-state index contributed by atoms with van der Waals surface area (Å²) >= 11 is 0. The van der Waals surface area contributed by atoms with Gasteiger partial charge in [0.2, 0.25) is 5.95 Å². The predicted octanol–water partition coefficient (Wildman–Crippen LogP) is 4.28. The number of fused-ring (bicyclic) bond motifs is 1. The van der Waals surface area contributed by atoms with Gasteiger partial charge in [0.05, 0.1) is 5.56 Å². The van der Waals surface area contributed by atoms with Gasteiger partial charge in [-0.1, -0.05) is 18.9 Å². The molecule has 1 saturated carbocycles. The molecule has 8 heteroatoms. The van der Waals surface area contributed by atoms with Gasteiger partial charge in [0.15, 0.2) is 5.78 Å². The van der Waals surface area contributed by atoms with Crippen LogP contribution < -0.4 is 10.9 Å². The van der Waals surface area contributed by atoms with Gasteiger partial charge in [0.25, 0.3) is 5.56 Å². The van der Waals surface area contributed by atoms with Crippen LogP contribution in [0, 0.1) is 6.92 Å². The number of pyridine rings is 2. The second-order valence-electron chi connectivity index (χ2n) is 9.40. The molecule has 5 rings (SSSR count). The molecular formula is C26H30N6O2. The van der Waals surface area contributed by atoms with Gasteiger partial charge in [-0.25, -0.2) is 9.97 Å². The number of Topliss-reactive ketones (excluding diaryl/α,β-unsaturated/α-hetero) is 1. The zero-order chi connectivity index (χ0) is 23.8. The Morgan fingerprint density at radius 3 is 2.59 bits per heavy atom. The normalized spacial score (nSPS) is 17.2. The minimum Gasteiger partial charge on any atom is -0.309 e. The average molecular weight is 459 g/mol. The first-order valence-electron chi connectivity index (χ1n) is 12.0. The molecule has 0 bridgehead atoms. The van der Waals surface area contributed by atoms with Crippen molar-refractivity contribution >= 4 is 34.2 Å². The molecule has 8 nitrogen and oxygen atoms in total. The number of anilines is 2. The smallest absolute Gasteiger partial charge is 0.263 e. The van der Waals surface area contributed by atoms with Crippen LogP contribution in [0.2, 0.25) is 0 Å². The molecule has 1 aliphatic carbocycles. The number of nitrogens with zero attached hydrogens (tertiary/aromatic N) is 5. The first-order chi connectivity index (χ1) is 16.4. The highest BCUT2D eigenvalue weighted by Gasteiger charge is 2.25. The van der Waals surface area contributed by atoms with E-state index in [4.69, 9.17) is 4.98 Å². The van der Waals surface area contributed by atoms with Gasteiger partial charge in [-0.3, -0.25) is 14.2 Å². The van der Waals surface area contributed by atoms with E-state index in [1.807, 2.05) is 12.3 Å². The van der Waals surface area contributed by atoms with Gasteiger partial charge in [-0.05, 0) is 69.0 Å². The highest BCUT2D eigenvalue weighted by atomic mass is 16.1. The number of carbonyl (C=O) groups is 1. The molecule has 34 heavy (non-hydrogen) atoms. The van der Waals surface area contributed by atoms with Gasteiger partial charge >= 0.3 is 0 Å². The molecule has 2 aliphatic rings. The van der Waals surface area contributed by atoms with Crippen LogP contribution in [0.5, 0.6) is 0 Å². The summed E-state index contributed by atoms with van der Waals surface area (Å²) in [7, 11) is 2.12. The quantitative estimate of drug-likeness (QED) is 0.571. The van der Waals surface area contributed by atoms with Crippen molar-refractivity contribution in [3.05, 3.63) is 57.6 Å². The van der Waals surface area contributed by atoms with Crippen LogP contribution in [0.3, 0.4) is 0 Å². The Morgan fingerprint density at radius 1 is 1.15 bits per heavy atom. The van der Waals surface area contributed by atoms with E-state index in [0.29, 0.717) is 23.0 Å². The maximum Gasteiger partial charge on any atom is 0.263 e. The second kappa shape index (κ2) is 9.10. The number of nitrogens with one attached hydrogen (secondary N) is 1. The van der Waals surface area contributed by atoms with Crippen LogP contribution in [-0.4, -0.2) is 50.3 Å². The molecule has 0 unspecified atom stereocenters. The van der Waals surface area contributed by atoms with Crippen LogP contribution >= 0.6 is 0 Å². The van der Waals surface area contributed by atoms with Crippen LogP contribution in [0.25, 0.3) is 16.6 Å². The highest BCUT2D eigenvalue weighted by molar-refractivity contribution is 5.99. The maximum absolute atomic E-state index is 13.4. The van der Waals surface area contributed by atoms with E-state index in [9.17, 15) is 9.59 Å². The van der Waals surface area contributed by atoms with Crippen LogP contribution in [-0.2, 0) is 0 Å². The van der Waals surface area contributed by atoms with Crippen LogP contribution in [0.1, 0.15) is 66.6 Å². The Kier molecular flexibility index (Phi) is 6.00. The zero-order valence-electron chi connectivity index (χ0n) is 20.0. The van der Waals surface area contributed by atoms with E-state index in [1.54, 1.807) is 17.7 Å². The van der Waals surface area contributed by atoms with Gasteiger partial charge in [-0.15, -0.1) is 0 Å². The molecule has 3 aromatic heterocycles. The monoisotopic (exact) mass is 458 g/mol. The third-order valence-electron chi connectivity index (χ3n) is 7.04. The standard InChI is InChI=1S/C26H30N6O2/c1-16-21-15-28-26(29-22-9-8-19(14-27-22)18-10-12-31(3)13-11-18)30-24(21)32(20-6-4-5-7-20)25(34)23(16)17(2)33/h8-10,14-15,20H,4-7,11-13H2,1-3H3,(H,27,28,29,30). The van der Waals surface area contributed by atoms with Crippen molar-refractivity contribution < 1.29 is 4.79 Å². The fraction of sp³-hybridized carbons (Fsp3) is 0.423. The molecule has 4 heterocycles. The summed E-state index contributed by atoms with van der Waals surface area (Å²) in [6, 6.07) is 4.04. The predicted molar refractivity (Wildman–Crippen MR) is 134 cm³/mol. The number of aromatic nitrogens is 4. The number of hydrogen-bond donors (Lipinski definition) is 1. The van der Waals surface area contributed by atoms with Gasteiger partial charge in [0.1, 0.15) is 11.5 Å². The largest absolute Gasteiger partial charge is 0.309 e. The van der Waals surface area contributed by atoms with E-state index in [2.05, 4.69) is 39.4 Å². The van der Waals surface area contributed by atoms with Crippen LogP contribution in [0.4, 0.5) is 11.8 Å². The number of hydrogen-bond acceptors (Lipinski definition) is 7. The van der Waals surface area contributed by atoms with Crippen molar-refractivity contribution in [1.29, 1.82) is 0 Å². The summed E-state index contributed by atoms with van der Waals surface area (Å²) in [5, 5.41) is 3.92.